The van der Waals surface area contributed by atoms with E-state index in [0.717, 1.165) is 18.4 Å². The van der Waals surface area contributed by atoms with Crippen molar-refractivity contribution in [1.29, 1.82) is 0 Å². The van der Waals surface area contributed by atoms with Crippen molar-refractivity contribution < 1.29 is 38.4 Å². The zero-order chi connectivity index (χ0) is 33.0. The molecule has 2 unspecified atom stereocenters. The fourth-order valence-electron chi connectivity index (χ4n) is 5.37. The van der Waals surface area contributed by atoms with Crippen LogP contribution in [0.25, 0.3) is 0 Å². The zero-order valence-corrected chi connectivity index (χ0v) is 28.0. The Morgan fingerprint density at radius 3 is 2.27 bits per heavy atom. The van der Waals surface area contributed by atoms with Gasteiger partial charge in [0, 0.05) is 26.1 Å². The van der Waals surface area contributed by atoms with E-state index in [1.165, 1.54) is 6.07 Å². The number of alkyl carbamates (subject to hydrolysis) is 1. The van der Waals surface area contributed by atoms with Gasteiger partial charge < -0.3 is 35.1 Å². The second kappa shape index (κ2) is 17.9. The van der Waals surface area contributed by atoms with Crippen molar-refractivity contribution in [2.45, 2.75) is 111 Å². The molecule has 1 aromatic carbocycles. The average molecular weight is 625 g/mol. The fraction of sp³-hybridized carbons (Fsp3) is 0.765. The van der Waals surface area contributed by atoms with E-state index in [0.29, 0.717) is 32.5 Å². The third-order valence-corrected chi connectivity index (χ3v) is 8.26. The van der Waals surface area contributed by atoms with Gasteiger partial charge in [0.25, 0.3) is 0 Å². The van der Waals surface area contributed by atoms with Gasteiger partial charge in [-0.1, -0.05) is 33.8 Å². The van der Waals surface area contributed by atoms with Crippen LogP contribution in [0.5, 0.6) is 5.75 Å². The number of hydrogen-bond acceptors (Lipinski definition) is 7. The Bertz CT molecular complexity index is 1030. The molecular formula is C34H57FN2O7. The largest absolute Gasteiger partial charge is 0.490 e. The lowest BCUT2D eigenvalue weighted by Crippen LogP contribution is -2.49. The predicted octanol–water partition coefficient (Wildman–Crippen LogP) is 5.25. The summed E-state index contributed by atoms with van der Waals surface area (Å²) in [6.45, 7) is 14.1. The van der Waals surface area contributed by atoms with E-state index in [9.17, 15) is 24.2 Å². The maximum Gasteiger partial charge on any atom is 0.407 e. The maximum atomic E-state index is 14.5. The molecule has 0 radical (unpaired) electrons. The van der Waals surface area contributed by atoms with E-state index < -0.39 is 35.6 Å². The van der Waals surface area contributed by atoms with E-state index in [4.69, 9.17) is 14.2 Å². The molecule has 0 heterocycles. The highest BCUT2D eigenvalue weighted by Gasteiger charge is 2.36. The van der Waals surface area contributed by atoms with Crippen molar-refractivity contribution in [2.75, 3.05) is 26.9 Å². The summed E-state index contributed by atoms with van der Waals surface area (Å²) in [6.07, 6.45) is 2.03. The van der Waals surface area contributed by atoms with E-state index >= 15 is 0 Å². The number of aliphatic hydroxyl groups is 2. The molecular weight excluding hydrogens is 567 g/mol. The molecule has 4 N–H and O–H groups in total. The van der Waals surface area contributed by atoms with Gasteiger partial charge in [0.05, 0.1) is 31.4 Å². The van der Waals surface area contributed by atoms with Gasteiger partial charge in [-0.3, -0.25) is 4.79 Å². The minimum atomic E-state index is -1.04. The topological polar surface area (TPSA) is 126 Å². The Morgan fingerprint density at radius 2 is 1.73 bits per heavy atom. The summed E-state index contributed by atoms with van der Waals surface area (Å²) >= 11 is 0. The van der Waals surface area contributed by atoms with E-state index in [-0.39, 0.29) is 54.4 Å². The number of rotatable bonds is 19. The predicted molar refractivity (Wildman–Crippen MR) is 169 cm³/mol. The molecule has 0 bridgehead atoms. The molecule has 1 aliphatic rings. The lowest BCUT2D eigenvalue weighted by atomic mass is 9.80. The highest BCUT2D eigenvalue weighted by atomic mass is 19.1. The van der Waals surface area contributed by atoms with Crippen LogP contribution in [-0.2, 0) is 20.7 Å². The summed E-state index contributed by atoms with van der Waals surface area (Å²) < 4.78 is 30.7. The van der Waals surface area contributed by atoms with Gasteiger partial charge in [-0.2, -0.15) is 0 Å². The summed E-state index contributed by atoms with van der Waals surface area (Å²) in [5.74, 6) is -0.604. The highest BCUT2D eigenvalue weighted by molar-refractivity contribution is 5.79. The molecule has 10 heteroatoms. The Labute approximate surface area is 263 Å². The summed E-state index contributed by atoms with van der Waals surface area (Å²) in [5, 5.41) is 27.2. The molecule has 9 nitrogen and oxygen atoms in total. The maximum absolute atomic E-state index is 14.5. The second-order valence-corrected chi connectivity index (χ2v) is 13.9. The number of aliphatic hydroxyl groups excluding tert-OH is 2. The SMILES string of the molecule is COCCCOc1cc(CC(C[C@H](NC(=O)OC(C)(C)C)[C@@H](O)C[C@H](C(=O)NC(CO)C2CC2)C(C)C)C(C)C)ccc1F. The fourth-order valence-corrected chi connectivity index (χ4v) is 5.37. The minimum Gasteiger partial charge on any atom is -0.490 e. The van der Waals surface area contributed by atoms with Crippen LogP contribution >= 0.6 is 0 Å². The van der Waals surface area contributed by atoms with Gasteiger partial charge >= 0.3 is 6.09 Å². The summed E-state index contributed by atoms with van der Waals surface area (Å²) in [6, 6.07) is 3.85. The first-order valence-corrected chi connectivity index (χ1v) is 16.1. The first-order chi connectivity index (χ1) is 20.6. The Balaban J connectivity index is 2.24. The van der Waals surface area contributed by atoms with Gasteiger partial charge in [0.1, 0.15) is 5.60 Å². The van der Waals surface area contributed by atoms with Crippen molar-refractivity contribution in [3.05, 3.63) is 29.6 Å². The molecule has 1 saturated carbocycles. The molecule has 2 amide bonds. The first kappa shape index (κ1) is 37.8. The van der Waals surface area contributed by atoms with Crippen LogP contribution in [0.15, 0.2) is 18.2 Å². The van der Waals surface area contributed by atoms with E-state index in [1.807, 2.05) is 13.8 Å². The molecule has 0 spiro atoms. The summed E-state index contributed by atoms with van der Waals surface area (Å²) in [4.78, 5) is 26.2. The van der Waals surface area contributed by atoms with Crippen LogP contribution in [0.3, 0.4) is 0 Å². The third-order valence-electron chi connectivity index (χ3n) is 8.26. The summed E-state index contributed by atoms with van der Waals surface area (Å²) in [5.41, 5.74) is 0.152. The standard InChI is InChI=1S/C34H57FN2O7/c1-21(2)25(16-23-10-13-27(35)31(17-23)43-15-9-14-42-8)18-28(37-33(41)44-34(5,6)7)30(39)19-26(22(3)4)32(40)36-29(20-38)24-11-12-24/h10,13,17,21-22,24-26,28-30,38-39H,9,11-12,14-16,18-20H2,1-8H3,(H,36,40)(H,37,41)/t25?,26-,28-,29?,30-/m0/s1. The quantitative estimate of drug-likeness (QED) is 0.155. The van der Waals surface area contributed by atoms with Crippen LogP contribution in [0.1, 0.15) is 86.1 Å². The number of amides is 2. The van der Waals surface area contributed by atoms with Gasteiger partial charge in [-0.05, 0) is 94.2 Å². The molecule has 1 aromatic rings. The number of methoxy groups -OCH3 is 1. The van der Waals surface area contributed by atoms with Crippen LogP contribution in [0.2, 0.25) is 0 Å². The lowest BCUT2D eigenvalue weighted by Gasteiger charge is -2.33. The highest BCUT2D eigenvalue weighted by Crippen LogP contribution is 2.33. The van der Waals surface area contributed by atoms with Crippen LogP contribution < -0.4 is 15.4 Å². The van der Waals surface area contributed by atoms with Crippen molar-refractivity contribution in [1.82, 2.24) is 10.6 Å². The molecule has 0 aromatic heterocycles. The van der Waals surface area contributed by atoms with Crippen molar-refractivity contribution >= 4 is 12.0 Å². The van der Waals surface area contributed by atoms with Crippen LogP contribution in [-0.4, -0.2) is 72.9 Å². The molecule has 252 valence electrons. The Hall–Kier alpha value is -2.43. The molecule has 44 heavy (non-hydrogen) atoms. The number of ether oxygens (including phenoxy) is 3. The first-order valence-electron chi connectivity index (χ1n) is 16.1. The van der Waals surface area contributed by atoms with Gasteiger partial charge in [0.2, 0.25) is 5.91 Å². The molecule has 1 aliphatic carbocycles. The second-order valence-electron chi connectivity index (χ2n) is 13.9. The average Bonchev–Trinajstić information content (AvgIpc) is 3.77. The van der Waals surface area contributed by atoms with Gasteiger partial charge in [0.15, 0.2) is 11.6 Å². The van der Waals surface area contributed by atoms with Crippen LogP contribution in [0.4, 0.5) is 9.18 Å². The number of carbonyl (C=O) groups excluding carboxylic acids is 2. The van der Waals surface area contributed by atoms with E-state index in [2.05, 4.69) is 24.5 Å². The van der Waals surface area contributed by atoms with Crippen molar-refractivity contribution in [2.24, 2.45) is 29.6 Å². The van der Waals surface area contributed by atoms with Crippen LogP contribution in [0, 0.1) is 35.4 Å². The third kappa shape index (κ3) is 13.3. The van der Waals surface area contributed by atoms with Crippen molar-refractivity contribution in [3.63, 3.8) is 0 Å². The minimum absolute atomic E-state index is 0.00338. The number of halogens is 1. The molecule has 2 rings (SSSR count). The smallest absolute Gasteiger partial charge is 0.407 e. The molecule has 5 atom stereocenters. The molecule has 0 saturated heterocycles. The lowest BCUT2D eigenvalue weighted by molar-refractivity contribution is -0.129. The number of benzene rings is 1. The molecule has 0 aliphatic heterocycles. The summed E-state index contributed by atoms with van der Waals surface area (Å²) in [7, 11) is 1.61. The normalized spacial score (nSPS) is 17.1. The van der Waals surface area contributed by atoms with Gasteiger partial charge in [-0.25, -0.2) is 9.18 Å². The Morgan fingerprint density at radius 1 is 1.05 bits per heavy atom. The zero-order valence-electron chi connectivity index (χ0n) is 28.0. The molecule has 1 fully saturated rings. The van der Waals surface area contributed by atoms with Gasteiger partial charge in [-0.15, -0.1) is 0 Å². The number of nitrogens with one attached hydrogen (secondary N) is 2. The monoisotopic (exact) mass is 624 g/mol. The van der Waals surface area contributed by atoms with Crippen molar-refractivity contribution in [3.8, 4) is 5.75 Å². The van der Waals surface area contributed by atoms with E-state index in [1.54, 1.807) is 40.0 Å². The number of carbonyl (C=O) groups is 2. The Kier molecular flexibility index (Phi) is 15.4. The number of hydrogen-bond donors (Lipinski definition) is 4.